The zero-order valence-corrected chi connectivity index (χ0v) is 39.4. The maximum atomic E-state index is 12.6. The normalized spacial score (nSPS) is 12.9. The van der Waals surface area contributed by atoms with Gasteiger partial charge in [0.15, 0.2) is 6.10 Å². The molecule has 0 aliphatic heterocycles. The molecule has 346 valence electrons. The monoisotopic (exact) mass is 847 g/mol. The largest absolute Gasteiger partial charge is 0.462 e. The van der Waals surface area contributed by atoms with Crippen molar-refractivity contribution in [3.8, 4) is 0 Å². The molecule has 0 aliphatic rings. The van der Waals surface area contributed by atoms with Crippen LogP contribution in [0.25, 0.3) is 0 Å². The van der Waals surface area contributed by atoms with E-state index in [1.165, 1.54) is 44.9 Å². The average molecular weight is 847 g/mol. The van der Waals surface area contributed by atoms with E-state index in [2.05, 4.69) is 118 Å². The van der Waals surface area contributed by atoms with Crippen molar-refractivity contribution >= 4 is 17.9 Å². The highest BCUT2D eigenvalue weighted by Crippen LogP contribution is 2.13. The molecule has 1 unspecified atom stereocenters. The van der Waals surface area contributed by atoms with Gasteiger partial charge in [0.1, 0.15) is 13.2 Å². The van der Waals surface area contributed by atoms with Crippen molar-refractivity contribution in [3.05, 3.63) is 97.2 Å². The Kier molecular flexibility index (Phi) is 46.0. The first kappa shape index (κ1) is 57.3. The molecule has 0 bridgehead atoms. The lowest BCUT2D eigenvalue weighted by Crippen LogP contribution is -2.30. The molecule has 0 spiro atoms. The maximum absolute atomic E-state index is 12.6. The van der Waals surface area contributed by atoms with Crippen LogP contribution < -0.4 is 0 Å². The second kappa shape index (κ2) is 49.0. The predicted molar refractivity (Wildman–Crippen MR) is 260 cm³/mol. The van der Waals surface area contributed by atoms with E-state index < -0.39 is 6.10 Å². The van der Waals surface area contributed by atoms with Crippen molar-refractivity contribution in [2.24, 2.45) is 0 Å². The van der Waals surface area contributed by atoms with E-state index in [0.29, 0.717) is 19.3 Å². The number of unbranched alkanes of at least 4 members (excludes halogenated alkanes) is 16. The van der Waals surface area contributed by atoms with Gasteiger partial charge in [-0.1, -0.05) is 208 Å². The molecule has 0 aromatic carbocycles. The van der Waals surface area contributed by atoms with Crippen molar-refractivity contribution in [2.75, 3.05) is 13.2 Å². The Balaban J connectivity index is 4.03. The molecular formula is C55H90O6. The summed E-state index contributed by atoms with van der Waals surface area (Å²) in [6.45, 7) is 6.36. The number of allylic oxidation sites excluding steroid dienone is 16. The number of hydrogen-bond donors (Lipinski definition) is 0. The predicted octanol–water partition coefficient (Wildman–Crippen LogP) is 16.2. The second-order valence-corrected chi connectivity index (χ2v) is 16.0. The van der Waals surface area contributed by atoms with Crippen molar-refractivity contribution in [1.82, 2.24) is 0 Å². The minimum atomic E-state index is -0.775. The second-order valence-electron chi connectivity index (χ2n) is 16.0. The van der Waals surface area contributed by atoms with Gasteiger partial charge in [-0.2, -0.15) is 0 Å². The maximum Gasteiger partial charge on any atom is 0.306 e. The van der Waals surface area contributed by atoms with Crippen molar-refractivity contribution < 1.29 is 28.6 Å². The molecule has 61 heavy (non-hydrogen) atoms. The zero-order chi connectivity index (χ0) is 44.4. The molecule has 0 heterocycles. The van der Waals surface area contributed by atoms with Crippen LogP contribution in [0.2, 0.25) is 0 Å². The van der Waals surface area contributed by atoms with Gasteiger partial charge in [-0.3, -0.25) is 14.4 Å². The fraction of sp³-hybridized carbons (Fsp3) is 0.655. The van der Waals surface area contributed by atoms with Crippen LogP contribution in [0, 0.1) is 0 Å². The van der Waals surface area contributed by atoms with Crippen LogP contribution in [0.1, 0.15) is 213 Å². The minimum absolute atomic E-state index is 0.0826. The third kappa shape index (κ3) is 47.2. The molecule has 0 fully saturated rings. The summed E-state index contributed by atoms with van der Waals surface area (Å²) < 4.78 is 16.5. The van der Waals surface area contributed by atoms with Crippen molar-refractivity contribution in [1.29, 1.82) is 0 Å². The Hall–Kier alpha value is -3.67. The number of hydrogen-bond acceptors (Lipinski definition) is 6. The molecule has 0 saturated heterocycles. The lowest BCUT2D eigenvalue weighted by Gasteiger charge is -2.18. The highest BCUT2D eigenvalue weighted by molar-refractivity contribution is 5.71. The van der Waals surface area contributed by atoms with Crippen molar-refractivity contribution in [3.63, 3.8) is 0 Å². The smallest absolute Gasteiger partial charge is 0.306 e. The molecule has 0 saturated carbocycles. The third-order valence-electron chi connectivity index (χ3n) is 10.1. The third-order valence-corrected chi connectivity index (χ3v) is 10.1. The summed E-state index contributed by atoms with van der Waals surface area (Å²) in [5, 5.41) is 0. The van der Waals surface area contributed by atoms with Crippen molar-refractivity contribution in [2.45, 2.75) is 219 Å². The van der Waals surface area contributed by atoms with Crippen LogP contribution in [-0.2, 0) is 28.6 Å². The Labute approximate surface area is 375 Å². The molecule has 0 radical (unpaired) electrons. The molecule has 0 N–H and O–H groups in total. The van der Waals surface area contributed by atoms with Gasteiger partial charge < -0.3 is 14.2 Å². The van der Waals surface area contributed by atoms with Crippen LogP contribution in [0.3, 0.4) is 0 Å². The SMILES string of the molecule is CC/C=C\C/C=C\C/C=C\C/C=C\C/C=C\C/C=C\C/C=C\C/C=C\CCCCCCCCC(=O)OCC(COC(=O)CCCCCCC)OC(=O)CCCCCCCCC. The summed E-state index contributed by atoms with van der Waals surface area (Å²) in [7, 11) is 0. The van der Waals surface area contributed by atoms with E-state index in [1.54, 1.807) is 0 Å². The Bertz CT molecular complexity index is 1250. The quantitative estimate of drug-likeness (QED) is 0.0263. The van der Waals surface area contributed by atoms with E-state index in [-0.39, 0.29) is 31.1 Å². The molecule has 0 aliphatic carbocycles. The molecular weight excluding hydrogens is 757 g/mol. The number of esters is 3. The van der Waals surface area contributed by atoms with Gasteiger partial charge in [-0.25, -0.2) is 0 Å². The lowest BCUT2D eigenvalue weighted by atomic mass is 10.1. The Morgan fingerprint density at radius 3 is 1.00 bits per heavy atom. The fourth-order valence-electron chi connectivity index (χ4n) is 6.40. The van der Waals surface area contributed by atoms with Gasteiger partial charge in [0.2, 0.25) is 0 Å². The summed E-state index contributed by atoms with van der Waals surface area (Å²) in [6, 6.07) is 0. The molecule has 6 heteroatoms. The van der Waals surface area contributed by atoms with Gasteiger partial charge in [0.25, 0.3) is 0 Å². The average Bonchev–Trinajstić information content (AvgIpc) is 3.26. The van der Waals surface area contributed by atoms with E-state index in [9.17, 15) is 14.4 Å². The summed E-state index contributed by atoms with van der Waals surface area (Å²) >= 11 is 0. The number of ether oxygens (including phenoxy) is 3. The highest BCUT2D eigenvalue weighted by atomic mass is 16.6. The van der Waals surface area contributed by atoms with Gasteiger partial charge >= 0.3 is 17.9 Å². The van der Waals surface area contributed by atoms with Gasteiger partial charge in [0.05, 0.1) is 0 Å². The van der Waals surface area contributed by atoms with Crippen LogP contribution in [-0.4, -0.2) is 37.2 Å². The first-order valence-electron chi connectivity index (χ1n) is 24.7. The van der Waals surface area contributed by atoms with E-state index in [4.69, 9.17) is 14.2 Å². The summed E-state index contributed by atoms with van der Waals surface area (Å²) in [4.78, 5) is 37.3. The standard InChI is InChI=1S/C55H90O6/c1-4-7-10-13-15-16-17-18-19-20-21-22-23-24-25-26-27-28-29-30-31-32-33-34-35-36-37-38-40-42-45-48-54(57)60-51-52(50-59-53(56)47-44-41-12-9-6-3)61-55(58)49-46-43-39-14-11-8-5-2/h7,10,15-16,18-19,21-22,24-25,27-28,30-31,33-34,52H,4-6,8-9,11-14,17,20,23,26,29,32,35-51H2,1-3H3/b10-7-,16-15-,19-18-,22-21-,25-24-,28-27-,31-30-,34-33-. The van der Waals surface area contributed by atoms with Gasteiger partial charge in [-0.05, 0) is 83.5 Å². The van der Waals surface area contributed by atoms with E-state index >= 15 is 0 Å². The Morgan fingerprint density at radius 1 is 0.344 bits per heavy atom. The Morgan fingerprint density at radius 2 is 0.639 bits per heavy atom. The molecule has 0 rings (SSSR count). The number of carbonyl (C=O) groups is 3. The molecule has 1 atom stereocenters. The lowest BCUT2D eigenvalue weighted by molar-refractivity contribution is -0.167. The van der Waals surface area contributed by atoms with Crippen LogP contribution in [0.5, 0.6) is 0 Å². The molecule has 0 aromatic heterocycles. The van der Waals surface area contributed by atoms with Gasteiger partial charge in [-0.15, -0.1) is 0 Å². The van der Waals surface area contributed by atoms with Crippen LogP contribution in [0.4, 0.5) is 0 Å². The van der Waals surface area contributed by atoms with E-state index in [0.717, 1.165) is 128 Å². The number of rotatable bonds is 43. The van der Waals surface area contributed by atoms with Gasteiger partial charge in [0, 0.05) is 19.3 Å². The number of carbonyl (C=O) groups excluding carboxylic acids is 3. The fourth-order valence-corrected chi connectivity index (χ4v) is 6.40. The van der Waals surface area contributed by atoms with Crippen LogP contribution >= 0.6 is 0 Å². The molecule has 6 nitrogen and oxygen atoms in total. The molecule has 0 aromatic rings. The topological polar surface area (TPSA) is 78.9 Å². The van der Waals surface area contributed by atoms with E-state index in [1.807, 2.05) is 0 Å². The van der Waals surface area contributed by atoms with Crippen LogP contribution in [0.15, 0.2) is 97.2 Å². The zero-order valence-electron chi connectivity index (χ0n) is 39.4. The summed E-state index contributed by atoms with van der Waals surface area (Å²) in [5.74, 6) is -0.926. The first-order chi connectivity index (χ1) is 30.0. The summed E-state index contributed by atoms with van der Waals surface area (Å²) in [5.41, 5.74) is 0. The highest BCUT2D eigenvalue weighted by Gasteiger charge is 2.19. The first-order valence-corrected chi connectivity index (χ1v) is 24.7. The minimum Gasteiger partial charge on any atom is -0.462 e. The molecule has 0 amide bonds. The summed E-state index contributed by atoms with van der Waals surface area (Å²) in [6.07, 6.45) is 64.6.